The number of likely N-dealkylation sites (tertiary alicyclic amines) is 1. The first kappa shape index (κ1) is 14.8. The molecule has 1 aliphatic rings. The zero-order chi connectivity index (χ0) is 14.5. The maximum absolute atomic E-state index is 12.2. The van der Waals surface area contributed by atoms with E-state index in [2.05, 4.69) is 5.32 Å². The van der Waals surface area contributed by atoms with E-state index in [-0.39, 0.29) is 18.0 Å². The summed E-state index contributed by atoms with van der Waals surface area (Å²) < 4.78 is 0. The highest BCUT2D eigenvalue weighted by Gasteiger charge is 2.31. The van der Waals surface area contributed by atoms with Crippen LogP contribution in [0.2, 0.25) is 0 Å². The van der Waals surface area contributed by atoms with Gasteiger partial charge >= 0.3 is 6.03 Å². The van der Waals surface area contributed by atoms with Crippen LogP contribution in [0.4, 0.5) is 10.5 Å². The Labute approximate surface area is 119 Å². The van der Waals surface area contributed by atoms with Crippen molar-refractivity contribution >= 4 is 11.7 Å². The first-order valence-corrected chi connectivity index (χ1v) is 7.14. The highest BCUT2D eigenvalue weighted by atomic mass is 16.3. The van der Waals surface area contributed by atoms with Gasteiger partial charge in [-0.2, -0.15) is 0 Å². The molecule has 3 atom stereocenters. The Morgan fingerprint density at radius 3 is 2.80 bits per heavy atom. The van der Waals surface area contributed by atoms with Gasteiger partial charge in [0.15, 0.2) is 0 Å². The molecular weight excluding hydrogens is 254 g/mol. The minimum absolute atomic E-state index is 0.0604. The van der Waals surface area contributed by atoms with Crippen molar-refractivity contribution in [3.05, 3.63) is 30.3 Å². The Hall–Kier alpha value is -1.59. The molecule has 0 aromatic heterocycles. The molecule has 5 heteroatoms. The molecule has 2 amide bonds. The molecule has 0 spiro atoms. The Morgan fingerprint density at radius 2 is 2.15 bits per heavy atom. The van der Waals surface area contributed by atoms with Crippen LogP contribution in [0.15, 0.2) is 30.3 Å². The number of nitrogens with two attached hydrogens (primary N) is 1. The van der Waals surface area contributed by atoms with E-state index < -0.39 is 6.10 Å². The topological polar surface area (TPSA) is 78.6 Å². The summed E-state index contributed by atoms with van der Waals surface area (Å²) in [5, 5.41) is 12.8. The van der Waals surface area contributed by atoms with Crippen LogP contribution in [0, 0.1) is 5.92 Å². The normalized spacial score (nSPS) is 24.2. The minimum atomic E-state index is -0.395. The summed E-state index contributed by atoms with van der Waals surface area (Å²) in [6, 6.07) is 9.12. The number of benzene rings is 1. The lowest BCUT2D eigenvalue weighted by atomic mass is 9.89. The number of hydrogen-bond acceptors (Lipinski definition) is 3. The van der Waals surface area contributed by atoms with Crippen LogP contribution < -0.4 is 11.1 Å². The lowest BCUT2D eigenvalue weighted by Gasteiger charge is -2.38. The maximum Gasteiger partial charge on any atom is 0.321 e. The molecule has 1 aliphatic heterocycles. The number of aliphatic hydroxyl groups is 1. The molecule has 1 fully saturated rings. The van der Waals surface area contributed by atoms with Gasteiger partial charge in [-0.3, -0.25) is 0 Å². The Balaban J connectivity index is 1.98. The quantitative estimate of drug-likeness (QED) is 0.786. The van der Waals surface area contributed by atoms with Gasteiger partial charge in [-0.1, -0.05) is 25.1 Å². The maximum atomic E-state index is 12.2. The van der Waals surface area contributed by atoms with Gasteiger partial charge in [-0.05, 0) is 25.0 Å². The van der Waals surface area contributed by atoms with Crippen molar-refractivity contribution in [2.75, 3.05) is 18.4 Å². The Bertz CT molecular complexity index is 438. The highest BCUT2D eigenvalue weighted by Crippen LogP contribution is 2.21. The van der Waals surface area contributed by atoms with Crippen LogP contribution >= 0.6 is 0 Å². The fourth-order valence-electron chi connectivity index (χ4n) is 2.68. The number of anilines is 1. The first-order valence-electron chi connectivity index (χ1n) is 7.14. The third kappa shape index (κ3) is 3.71. The fraction of sp³-hybridized carbons (Fsp3) is 0.533. The molecule has 0 radical (unpaired) electrons. The number of aliphatic hydroxyl groups excluding tert-OH is 1. The molecule has 1 aromatic carbocycles. The van der Waals surface area contributed by atoms with Crippen molar-refractivity contribution < 1.29 is 9.90 Å². The monoisotopic (exact) mass is 277 g/mol. The van der Waals surface area contributed by atoms with Gasteiger partial charge in [0.1, 0.15) is 0 Å². The molecule has 0 saturated carbocycles. The molecule has 5 nitrogen and oxygen atoms in total. The number of carbonyl (C=O) groups is 1. The lowest BCUT2D eigenvalue weighted by molar-refractivity contribution is 0.0547. The highest BCUT2D eigenvalue weighted by molar-refractivity contribution is 5.89. The Morgan fingerprint density at radius 1 is 1.45 bits per heavy atom. The number of nitrogens with zero attached hydrogens (tertiary/aromatic N) is 1. The van der Waals surface area contributed by atoms with Crippen molar-refractivity contribution in [2.45, 2.75) is 31.9 Å². The number of carbonyl (C=O) groups excluding carboxylic acids is 1. The second-order valence-corrected chi connectivity index (χ2v) is 5.43. The van der Waals surface area contributed by atoms with Gasteiger partial charge in [0, 0.05) is 30.7 Å². The smallest absolute Gasteiger partial charge is 0.321 e. The van der Waals surface area contributed by atoms with E-state index in [0.717, 1.165) is 12.1 Å². The molecule has 2 rings (SSSR count). The van der Waals surface area contributed by atoms with Gasteiger partial charge in [-0.15, -0.1) is 0 Å². The summed E-state index contributed by atoms with van der Waals surface area (Å²) in [5.74, 6) is 0.0604. The summed E-state index contributed by atoms with van der Waals surface area (Å²) in [6.45, 7) is 3.03. The molecule has 110 valence electrons. The Kier molecular flexibility index (Phi) is 4.98. The van der Waals surface area contributed by atoms with Gasteiger partial charge < -0.3 is 21.1 Å². The van der Waals surface area contributed by atoms with E-state index >= 15 is 0 Å². The van der Waals surface area contributed by atoms with Crippen molar-refractivity contribution in [1.82, 2.24) is 4.90 Å². The number of rotatable bonds is 3. The van der Waals surface area contributed by atoms with Crippen molar-refractivity contribution in [3.8, 4) is 0 Å². The summed E-state index contributed by atoms with van der Waals surface area (Å²) in [7, 11) is 0. The zero-order valence-corrected chi connectivity index (χ0v) is 11.8. The average molecular weight is 277 g/mol. The second-order valence-electron chi connectivity index (χ2n) is 5.43. The van der Waals surface area contributed by atoms with Crippen LogP contribution in [0.25, 0.3) is 0 Å². The predicted molar refractivity (Wildman–Crippen MR) is 79.4 cm³/mol. The van der Waals surface area contributed by atoms with Crippen LogP contribution in [0.5, 0.6) is 0 Å². The van der Waals surface area contributed by atoms with E-state index in [1.54, 1.807) is 4.90 Å². The van der Waals surface area contributed by atoms with Gasteiger partial charge in [0.25, 0.3) is 0 Å². The van der Waals surface area contributed by atoms with Gasteiger partial charge in [0.2, 0.25) is 0 Å². The summed E-state index contributed by atoms with van der Waals surface area (Å²) in [6.07, 6.45) is 1.06. The molecule has 0 bridgehead atoms. The third-order valence-electron chi connectivity index (χ3n) is 3.79. The van der Waals surface area contributed by atoms with Crippen molar-refractivity contribution in [1.29, 1.82) is 0 Å². The van der Waals surface area contributed by atoms with E-state index in [4.69, 9.17) is 5.73 Å². The summed E-state index contributed by atoms with van der Waals surface area (Å²) in [4.78, 5) is 13.9. The fourth-order valence-corrected chi connectivity index (χ4v) is 2.68. The molecule has 3 unspecified atom stereocenters. The molecule has 20 heavy (non-hydrogen) atoms. The molecular formula is C15H23N3O2. The number of nitrogens with one attached hydrogen (secondary N) is 1. The number of para-hydroxylation sites is 1. The molecule has 4 N–H and O–H groups in total. The SMILES string of the molecule is CCC(O)C1CC(N)CN(C(=O)Nc2ccccc2)C1. The van der Waals surface area contributed by atoms with Crippen LogP contribution in [-0.4, -0.2) is 41.3 Å². The van der Waals surface area contributed by atoms with Crippen LogP contribution in [0.3, 0.4) is 0 Å². The van der Waals surface area contributed by atoms with Gasteiger partial charge in [-0.25, -0.2) is 4.79 Å². The average Bonchev–Trinajstić information content (AvgIpc) is 2.46. The van der Waals surface area contributed by atoms with E-state index in [9.17, 15) is 9.90 Å². The predicted octanol–water partition coefficient (Wildman–Crippen LogP) is 1.64. The molecule has 0 aliphatic carbocycles. The number of hydrogen-bond donors (Lipinski definition) is 3. The first-order chi connectivity index (χ1) is 9.60. The molecule has 1 heterocycles. The number of piperidine rings is 1. The molecule has 1 saturated heterocycles. The van der Waals surface area contributed by atoms with Crippen LogP contribution in [-0.2, 0) is 0 Å². The number of urea groups is 1. The molecule has 1 aromatic rings. The summed E-state index contributed by atoms with van der Waals surface area (Å²) in [5.41, 5.74) is 6.77. The second kappa shape index (κ2) is 6.72. The summed E-state index contributed by atoms with van der Waals surface area (Å²) >= 11 is 0. The largest absolute Gasteiger partial charge is 0.393 e. The van der Waals surface area contributed by atoms with Crippen molar-refractivity contribution in [3.63, 3.8) is 0 Å². The third-order valence-corrected chi connectivity index (χ3v) is 3.79. The van der Waals surface area contributed by atoms with Crippen LogP contribution in [0.1, 0.15) is 19.8 Å². The van der Waals surface area contributed by atoms with E-state index in [0.29, 0.717) is 19.5 Å². The van der Waals surface area contributed by atoms with Crippen molar-refractivity contribution in [2.24, 2.45) is 11.7 Å². The zero-order valence-electron chi connectivity index (χ0n) is 11.8. The number of amides is 2. The minimum Gasteiger partial charge on any atom is -0.393 e. The van der Waals surface area contributed by atoms with E-state index in [1.807, 2.05) is 37.3 Å². The van der Waals surface area contributed by atoms with Gasteiger partial charge in [0.05, 0.1) is 6.10 Å². The van der Waals surface area contributed by atoms with E-state index in [1.165, 1.54) is 0 Å². The lowest BCUT2D eigenvalue weighted by Crippen LogP contribution is -2.53. The standard InChI is InChI=1S/C15H23N3O2/c1-2-14(19)11-8-12(16)10-18(9-11)15(20)17-13-6-4-3-5-7-13/h3-7,11-12,14,19H,2,8-10,16H2,1H3,(H,17,20).